The minimum Gasteiger partial charge on any atom is -0.480 e. The predicted molar refractivity (Wildman–Crippen MR) is 91.0 cm³/mol. The summed E-state index contributed by atoms with van der Waals surface area (Å²) in [7, 11) is 0. The van der Waals surface area contributed by atoms with E-state index in [1.807, 2.05) is 24.3 Å². The molecule has 1 aliphatic heterocycles. The summed E-state index contributed by atoms with van der Waals surface area (Å²) < 4.78 is 5.28. The fourth-order valence-corrected chi connectivity index (χ4v) is 2.83. The average Bonchev–Trinajstić information content (AvgIpc) is 2.52. The number of hydrogen-bond acceptors (Lipinski definition) is 5. The maximum absolute atomic E-state index is 12.4. The van der Waals surface area contributed by atoms with Crippen LogP contribution in [-0.2, 0) is 27.3 Å². The van der Waals surface area contributed by atoms with Gasteiger partial charge in [0.05, 0.1) is 0 Å². The molecule has 136 valence electrons. The highest BCUT2D eigenvalue weighted by Crippen LogP contribution is 2.22. The van der Waals surface area contributed by atoms with Crippen molar-refractivity contribution in [2.45, 2.75) is 45.5 Å². The van der Waals surface area contributed by atoms with Gasteiger partial charge < -0.3 is 9.84 Å². The van der Waals surface area contributed by atoms with Crippen LogP contribution in [0.15, 0.2) is 24.3 Å². The van der Waals surface area contributed by atoms with Gasteiger partial charge >= 0.3 is 12.1 Å². The van der Waals surface area contributed by atoms with Gasteiger partial charge in [-0.05, 0) is 38.3 Å². The number of carboxylic acids is 1. The van der Waals surface area contributed by atoms with E-state index in [0.29, 0.717) is 19.4 Å². The van der Waals surface area contributed by atoms with Gasteiger partial charge in [-0.1, -0.05) is 24.3 Å². The first kappa shape index (κ1) is 18.9. The molecule has 0 fully saturated rings. The standard InChI is InChI=1S/C18H24N2O5/c1-18(2,3)25-17(24)20(11-16(22)23)15(12-21)19-9-8-13-6-4-5-7-14(13)10-19/h4-7,12,15H,8-11H2,1-3H3,(H,22,23). The summed E-state index contributed by atoms with van der Waals surface area (Å²) in [5.74, 6) is -1.20. The largest absolute Gasteiger partial charge is 0.480 e. The molecule has 1 heterocycles. The number of benzene rings is 1. The predicted octanol–water partition coefficient (Wildman–Crippen LogP) is 1.89. The monoisotopic (exact) mass is 348 g/mol. The zero-order valence-corrected chi connectivity index (χ0v) is 14.8. The Hall–Kier alpha value is -2.41. The summed E-state index contributed by atoms with van der Waals surface area (Å²) in [5, 5.41) is 9.15. The van der Waals surface area contributed by atoms with E-state index in [-0.39, 0.29) is 0 Å². The van der Waals surface area contributed by atoms with E-state index in [2.05, 4.69) is 0 Å². The van der Waals surface area contributed by atoms with Crippen LogP contribution in [0.1, 0.15) is 31.9 Å². The highest BCUT2D eigenvalue weighted by Gasteiger charge is 2.34. The zero-order chi connectivity index (χ0) is 18.6. The number of hydrogen-bond donors (Lipinski definition) is 1. The lowest BCUT2D eigenvalue weighted by Crippen LogP contribution is -2.55. The molecule has 7 nitrogen and oxygen atoms in total. The number of carbonyl (C=O) groups excluding carboxylic acids is 2. The second kappa shape index (κ2) is 7.65. The fraction of sp³-hybridized carbons (Fsp3) is 0.500. The molecule has 0 spiro atoms. The molecule has 25 heavy (non-hydrogen) atoms. The van der Waals surface area contributed by atoms with Gasteiger partial charge in [0, 0.05) is 13.1 Å². The molecule has 1 aromatic carbocycles. The normalized spacial score (nSPS) is 15.8. The maximum atomic E-state index is 12.4. The van der Waals surface area contributed by atoms with Crippen molar-refractivity contribution in [1.29, 1.82) is 0 Å². The number of aldehydes is 1. The van der Waals surface area contributed by atoms with Crippen molar-refractivity contribution in [1.82, 2.24) is 9.80 Å². The lowest BCUT2D eigenvalue weighted by molar-refractivity contribution is -0.141. The van der Waals surface area contributed by atoms with Gasteiger partial charge in [-0.2, -0.15) is 0 Å². The van der Waals surface area contributed by atoms with Crippen molar-refractivity contribution in [2.24, 2.45) is 0 Å². The van der Waals surface area contributed by atoms with Crippen molar-refractivity contribution >= 4 is 18.3 Å². The van der Waals surface area contributed by atoms with Gasteiger partial charge in [-0.25, -0.2) is 4.79 Å². The van der Waals surface area contributed by atoms with E-state index < -0.39 is 30.4 Å². The molecule has 0 aliphatic carbocycles. The lowest BCUT2D eigenvalue weighted by atomic mass is 9.99. The van der Waals surface area contributed by atoms with Gasteiger partial charge in [-0.3, -0.25) is 19.4 Å². The van der Waals surface area contributed by atoms with Crippen molar-refractivity contribution in [3.8, 4) is 0 Å². The Morgan fingerprint density at radius 1 is 1.32 bits per heavy atom. The molecule has 0 saturated heterocycles. The number of amides is 1. The molecule has 0 aromatic heterocycles. The van der Waals surface area contributed by atoms with Crippen LogP contribution in [0.2, 0.25) is 0 Å². The van der Waals surface area contributed by atoms with Crippen LogP contribution >= 0.6 is 0 Å². The molecule has 1 aliphatic rings. The summed E-state index contributed by atoms with van der Waals surface area (Å²) in [5.41, 5.74) is 1.49. The Bertz CT molecular complexity index is 653. The van der Waals surface area contributed by atoms with Crippen LogP contribution in [0.3, 0.4) is 0 Å². The smallest absolute Gasteiger partial charge is 0.412 e. The van der Waals surface area contributed by atoms with Crippen LogP contribution in [0, 0.1) is 0 Å². The van der Waals surface area contributed by atoms with Crippen LogP contribution < -0.4 is 0 Å². The topological polar surface area (TPSA) is 87.1 Å². The molecule has 1 N–H and O–H groups in total. The van der Waals surface area contributed by atoms with Crippen LogP contribution in [0.4, 0.5) is 4.79 Å². The Labute approximate surface area is 147 Å². The average molecular weight is 348 g/mol. The summed E-state index contributed by atoms with van der Waals surface area (Å²) in [6.07, 6.45) is -0.471. The number of fused-ring (bicyclic) bond motifs is 1. The summed E-state index contributed by atoms with van der Waals surface area (Å²) in [4.78, 5) is 38.1. The Balaban J connectivity index is 2.23. The first-order valence-corrected chi connectivity index (χ1v) is 8.19. The number of carbonyl (C=O) groups is 3. The molecule has 1 unspecified atom stereocenters. The highest BCUT2D eigenvalue weighted by molar-refractivity contribution is 5.80. The molecule has 0 radical (unpaired) electrons. The van der Waals surface area contributed by atoms with Gasteiger partial charge in [0.2, 0.25) is 0 Å². The molecule has 1 aromatic rings. The minimum absolute atomic E-state index is 0.471. The van der Waals surface area contributed by atoms with E-state index >= 15 is 0 Å². The highest BCUT2D eigenvalue weighted by atomic mass is 16.6. The van der Waals surface area contributed by atoms with E-state index in [4.69, 9.17) is 9.84 Å². The Morgan fingerprint density at radius 2 is 1.96 bits per heavy atom. The van der Waals surface area contributed by atoms with Gasteiger partial charge in [0.1, 0.15) is 18.3 Å². The molecular formula is C18H24N2O5. The number of nitrogens with zero attached hydrogens (tertiary/aromatic N) is 2. The lowest BCUT2D eigenvalue weighted by Gasteiger charge is -2.38. The Morgan fingerprint density at radius 3 is 2.52 bits per heavy atom. The van der Waals surface area contributed by atoms with Gasteiger partial charge in [0.15, 0.2) is 6.29 Å². The fourth-order valence-electron chi connectivity index (χ4n) is 2.83. The van der Waals surface area contributed by atoms with E-state index in [9.17, 15) is 14.4 Å². The summed E-state index contributed by atoms with van der Waals surface area (Å²) >= 11 is 0. The second-order valence-electron chi connectivity index (χ2n) is 7.04. The number of carboxylic acid groups (broad SMARTS) is 1. The van der Waals surface area contributed by atoms with Crippen molar-refractivity contribution in [3.63, 3.8) is 0 Å². The third kappa shape index (κ3) is 5.03. The van der Waals surface area contributed by atoms with Crippen LogP contribution in [0.25, 0.3) is 0 Å². The number of aliphatic carboxylic acids is 1. The molecule has 0 bridgehead atoms. The summed E-state index contributed by atoms with van der Waals surface area (Å²) in [6.45, 7) is 5.50. The first-order valence-electron chi connectivity index (χ1n) is 8.19. The van der Waals surface area contributed by atoms with E-state index in [1.54, 1.807) is 25.7 Å². The maximum Gasteiger partial charge on any atom is 0.412 e. The van der Waals surface area contributed by atoms with Crippen molar-refractivity contribution in [2.75, 3.05) is 13.1 Å². The quantitative estimate of drug-likeness (QED) is 0.818. The van der Waals surface area contributed by atoms with Crippen LogP contribution in [0.5, 0.6) is 0 Å². The molecule has 0 saturated carbocycles. The van der Waals surface area contributed by atoms with Crippen molar-refractivity contribution < 1.29 is 24.2 Å². The SMILES string of the molecule is CC(C)(C)OC(=O)N(CC(=O)O)C(C=O)N1CCc2ccccc2C1. The van der Waals surface area contributed by atoms with Gasteiger partial charge in [-0.15, -0.1) is 0 Å². The number of rotatable bonds is 5. The summed E-state index contributed by atoms with van der Waals surface area (Å²) in [6, 6.07) is 7.88. The molecule has 2 rings (SSSR count). The third-order valence-corrected chi connectivity index (χ3v) is 3.91. The van der Waals surface area contributed by atoms with E-state index in [0.717, 1.165) is 16.9 Å². The molecule has 1 atom stereocenters. The number of ether oxygens (including phenoxy) is 1. The second-order valence-corrected chi connectivity index (χ2v) is 7.04. The zero-order valence-electron chi connectivity index (χ0n) is 14.8. The molecule has 1 amide bonds. The van der Waals surface area contributed by atoms with Crippen LogP contribution in [-0.4, -0.2) is 58.1 Å². The molecule has 7 heteroatoms. The van der Waals surface area contributed by atoms with E-state index in [1.165, 1.54) is 5.56 Å². The Kier molecular flexibility index (Phi) is 5.79. The molecular weight excluding hydrogens is 324 g/mol. The minimum atomic E-state index is -1.20. The van der Waals surface area contributed by atoms with Crippen molar-refractivity contribution in [3.05, 3.63) is 35.4 Å². The third-order valence-electron chi connectivity index (χ3n) is 3.91. The van der Waals surface area contributed by atoms with Gasteiger partial charge in [0.25, 0.3) is 0 Å². The first-order chi connectivity index (χ1) is 11.7.